The average Bonchev–Trinajstić information content (AvgIpc) is 2.26. The van der Waals surface area contributed by atoms with Gasteiger partial charge in [-0.1, -0.05) is 6.42 Å². The second-order valence-electron chi connectivity index (χ2n) is 3.76. The molecule has 0 saturated carbocycles. The van der Waals surface area contributed by atoms with Gasteiger partial charge in [0.1, 0.15) is 0 Å². The maximum absolute atomic E-state index is 11.9. The molecular formula is C10H20N2OS. The molecule has 0 aliphatic carbocycles. The number of piperidine rings is 1. The number of hydrogen-bond acceptors (Lipinski definition) is 3. The van der Waals surface area contributed by atoms with Gasteiger partial charge in [-0.25, -0.2) is 0 Å². The van der Waals surface area contributed by atoms with E-state index in [1.165, 1.54) is 12.8 Å². The van der Waals surface area contributed by atoms with Crippen LogP contribution >= 0.6 is 11.8 Å². The minimum atomic E-state index is 0.0793. The average molecular weight is 216 g/mol. The van der Waals surface area contributed by atoms with Crippen LogP contribution in [0.5, 0.6) is 0 Å². The SMILES string of the molecule is CSCCN(C)C(=O)C1CCCCN1. The van der Waals surface area contributed by atoms with E-state index in [1.807, 2.05) is 11.9 Å². The maximum Gasteiger partial charge on any atom is 0.239 e. The molecule has 1 fully saturated rings. The highest BCUT2D eigenvalue weighted by atomic mass is 32.2. The van der Waals surface area contributed by atoms with E-state index in [0.29, 0.717) is 0 Å². The molecule has 1 rings (SSSR count). The van der Waals surface area contributed by atoms with Gasteiger partial charge in [0.25, 0.3) is 0 Å². The number of nitrogens with one attached hydrogen (secondary N) is 1. The van der Waals surface area contributed by atoms with Crippen molar-refractivity contribution in [3.8, 4) is 0 Å². The van der Waals surface area contributed by atoms with Crippen LogP contribution in [-0.2, 0) is 4.79 Å². The number of hydrogen-bond donors (Lipinski definition) is 1. The second kappa shape index (κ2) is 6.30. The summed E-state index contributed by atoms with van der Waals surface area (Å²) in [4.78, 5) is 13.7. The maximum atomic E-state index is 11.9. The highest BCUT2D eigenvalue weighted by molar-refractivity contribution is 7.98. The first-order chi connectivity index (χ1) is 6.75. The summed E-state index contributed by atoms with van der Waals surface area (Å²) in [5.74, 6) is 1.29. The van der Waals surface area contributed by atoms with Crippen molar-refractivity contribution in [1.82, 2.24) is 10.2 Å². The monoisotopic (exact) mass is 216 g/mol. The minimum Gasteiger partial charge on any atom is -0.344 e. The third-order valence-corrected chi connectivity index (χ3v) is 3.21. The van der Waals surface area contributed by atoms with Gasteiger partial charge in [0, 0.05) is 19.3 Å². The molecule has 1 atom stereocenters. The first-order valence-electron chi connectivity index (χ1n) is 5.23. The summed E-state index contributed by atoms with van der Waals surface area (Å²) in [6.07, 6.45) is 5.46. The van der Waals surface area contributed by atoms with Crippen molar-refractivity contribution >= 4 is 17.7 Å². The molecule has 0 aromatic heterocycles. The Bertz CT molecular complexity index is 181. The van der Waals surface area contributed by atoms with Crippen molar-refractivity contribution in [2.24, 2.45) is 0 Å². The fraction of sp³-hybridized carbons (Fsp3) is 0.900. The Morgan fingerprint density at radius 3 is 2.93 bits per heavy atom. The molecule has 0 aromatic carbocycles. The lowest BCUT2D eigenvalue weighted by molar-refractivity contribution is -0.132. The number of nitrogens with zero attached hydrogens (tertiary/aromatic N) is 1. The summed E-state index contributed by atoms with van der Waals surface area (Å²) < 4.78 is 0. The molecule has 1 amide bonds. The van der Waals surface area contributed by atoms with Gasteiger partial charge in [-0.3, -0.25) is 4.79 Å². The van der Waals surface area contributed by atoms with Gasteiger partial charge in [0.2, 0.25) is 5.91 Å². The quantitative estimate of drug-likeness (QED) is 0.759. The molecule has 0 radical (unpaired) electrons. The molecule has 3 nitrogen and oxygen atoms in total. The molecule has 82 valence electrons. The molecule has 0 bridgehead atoms. The zero-order valence-electron chi connectivity index (χ0n) is 9.08. The fourth-order valence-electron chi connectivity index (χ4n) is 1.67. The smallest absolute Gasteiger partial charge is 0.239 e. The largest absolute Gasteiger partial charge is 0.344 e. The van der Waals surface area contributed by atoms with E-state index in [-0.39, 0.29) is 11.9 Å². The van der Waals surface area contributed by atoms with Crippen molar-refractivity contribution < 1.29 is 4.79 Å². The highest BCUT2D eigenvalue weighted by Gasteiger charge is 2.22. The first-order valence-corrected chi connectivity index (χ1v) is 6.62. The van der Waals surface area contributed by atoms with Gasteiger partial charge in [-0.15, -0.1) is 0 Å². The highest BCUT2D eigenvalue weighted by Crippen LogP contribution is 2.09. The zero-order valence-corrected chi connectivity index (χ0v) is 9.90. The Morgan fingerprint density at radius 1 is 1.57 bits per heavy atom. The summed E-state index contributed by atoms with van der Waals surface area (Å²) in [5.41, 5.74) is 0. The van der Waals surface area contributed by atoms with Crippen molar-refractivity contribution in [3.63, 3.8) is 0 Å². The van der Waals surface area contributed by atoms with Crippen LogP contribution in [0.3, 0.4) is 0 Å². The Labute approximate surface area is 90.6 Å². The van der Waals surface area contributed by atoms with Crippen molar-refractivity contribution in [3.05, 3.63) is 0 Å². The topological polar surface area (TPSA) is 32.3 Å². The van der Waals surface area contributed by atoms with Crippen LogP contribution in [0.1, 0.15) is 19.3 Å². The lowest BCUT2D eigenvalue weighted by atomic mass is 10.0. The molecule has 4 heteroatoms. The van der Waals surface area contributed by atoms with E-state index in [4.69, 9.17) is 0 Å². The Hall–Kier alpha value is -0.220. The van der Waals surface area contributed by atoms with E-state index in [1.54, 1.807) is 11.8 Å². The Morgan fingerprint density at radius 2 is 2.36 bits per heavy atom. The first kappa shape index (κ1) is 11.9. The molecule has 1 saturated heterocycles. The predicted molar refractivity (Wildman–Crippen MR) is 61.7 cm³/mol. The fourth-order valence-corrected chi connectivity index (χ4v) is 2.12. The van der Waals surface area contributed by atoms with Crippen LogP contribution in [0, 0.1) is 0 Å². The number of likely N-dealkylation sites (N-methyl/N-ethyl adjacent to an activating group) is 1. The van der Waals surface area contributed by atoms with E-state index < -0.39 is 0 Å². The summed E-state index contributed by atoms with van der Waals surface area (Å²) in [6, 6.07) is 0.0793. The van der Waals surface area contributed by atoms with E-state index >= 15 is 0 Å². The van der Waals surface area contributed by atoms with Crippen LogP contribution < -0.4 is 5.32 Å². The van der Waals surface area contributed by atoms with E-state index in [2.05, 4.69) is 11.6 Å². The second-order valence-corrected chi connectivity index (χ2v) is 4.74. The number of thioether (sulfide) groups is 1. The predicted octanol–water partition coefficient (Wildman–Crippen LogP) is 0.950. The van der Waals surface area contributed by atoms with Crippen LogP contribution in [0.2, 0.25) is 0 Å². The number of rotatable bonds is 4. The van der Waals surface area contributed by atoms with Gasteiger partial charge in [0.05, 0.1) is 6.04 Å². The summed E-state index contributed by atoms with van der Waals surface area (Å²) >= 11 is 1.78. The molecule has 0 aromatic rings. The van der Waals surface area contributed by atoms with Crippen molar-refractivity contribution in [2.45, 2.75) is 25.3 Å². The van der Waals surface area contributed by atoms with Crippen LogP contribution in [0.15, 0.2) is 0 Å². The summed E-state index contributed by atoms with van der Waals surface area (Å²) in [5, 5.41) is 3.28. The molecule has 1 unspecified atom stereocenters. The number of carbonyl (C=O) groups excluding carboxylic acids is 1. The summed E-state index contributed by atoms with van der Waals surface area (Å²) in [6.45, 7) is 1.85. The van der Waals surface area contributed by atoms with Gasteiger partial charge in [0.15, 0.2) is 0 Å². The Balaban J connectivity index is 2.30. The van der Waals surface area contributed by atoms with Crippen molar-refractivity contribution in [2.75, 3.05) is 32.1 Å². The minimum absolute atomic E-state index is 0.0793. The third-order valence-electron chi connectivity index (χ3n) is 2.62. The third kappa shape index (κ3) is 3.50. The summed E-state index contributed by atoms with van der Waals surface area (Å²) in [7, 11) is 1.90. The number of amides is 1. The van der Waals surface area contributed by atoms with Gasteiger partial charge in [-0.2, -0.15) is 11.8 Å². The molecule has 1 N–H and O–H groups in total. The normalized spacial score (nSPS) is 22.0. The molecule has 1 aliphatic rings. The molecule has 1 heterocycles. The van der Waals surface area contributed by atoms with Gasteiger partial charge < -0.3 is 10.2 Å². The van der Waals surface area contributed by atoms with E-state index in [9.17, 15) is 4.79 Å². The van der Waals surface area contributed by atoms with Crippen LogP contribution in [-0.4, -0.2) is 49.0 Å². The Kier molecular flexibility index (Phi) is 5.33. The number of carbonyl (C=O) groups is 1. The van der Waals surface area contributed by atoms with Crippen LogP contribution in [0.4, 0.5) is 0 Å². The standard InChI is InChI=1S/C10H20N2OS/c1-12(7-8-14-2)10(13)9-5-3-4-6-11-9/h9,11H,3-8H2,1-2H3. The van der Waals surface area contributed by atoms with E-state index in [0.717, 1.165) is 25.3 Å². The molecule has 0 spiro atoms. The lowest BCUT2D eigenvalue weighted by Crippen LogP contribution is -2.47. The van der Waals surface area contributed by atoms with Crippen LogP contribution in [0.25, 0.3) is 0 Å². The van der Waals surface area contributed by atoms with Crippen molar-refractivity contribution in [1.29, 1.82) is 0 Å². The molecular weight excluding hydrogens is 196 g/mol. The zero-order chi connectivity index (χ0) is 10.4. The molecule has 14 heavy (non-hydrogen) atoms. The lowest BCUT2D eigenvalue weighted by Gasteiger charge is -2.27. The molecule has 1 aliphatic heterocycles. The van der Waals surface area contributed by atoms with Gasteiger partial charge in [-0.05, 0) is 25.6 Å². The van der Waals surface area contributed by atoms with Gasteiger partial charge >= 0.3 is 0 Å².